The highest BCUT2D eigenvalue weighted by atomic mass is 16.2. The molecule has 2 aromatic rings. The van der Waals surface area contributed by atoms with Crippen molar-refractivity contribution in [1.29, 1.82) is 0 Å². The SMILES string of the molecule is C[C@@]1(c2ccc3ccccc3c2)NC(=O)NC1=O. The largest absolute Gasteiger partial charge is 0.322 e. The van der Waals surface area contributed by atoms with E-state index in [1.165, 1.54) is 0 Å². The Labute approximate surface area is 104 Å². The van der Waals surface area contributed by atoms with Gasteiger partial charge >= 0.3 is 6.03 Å². The molecule has 0 aromatic heterocycles. The molecule has 4 nitrogen and oxygen atoms in total. The lowest BCUT2D eigenvalue weighted by Gasteiger charge is -2.21. The highest BCUT2D eigenvalue weighted by molar-refractivity contribution is 6.07. The van der Waals surface area contributed by atoms with Crippen LogP contribution in [0.3, 0.4) is 0 Å². The van der Waals surface area contributed by atoms with Crippen molar-refractivity contribution in [2.75, 3.05) is 0 Å². The van der Waals surface area contributed by atoms with Crippen molar-refractivity contribution < 1.29 is 9.59 Å². The molecule has 2 N–H and O–H groups in total. The van der Waals surface area contributed by atoms with Gasteiger partial charge in [-0.25, -0.2) is 4.79 Å². The maximum Gasteiger partial charge on any atom is 0.322 e. The molecule has 0 saturated carbocycles. The highest BCUT2D eigenvalue weighted by Gasteiger charge is 2.43. The van der Waals surface area contributed by atoms with Crippen molar-refractivity contribution in [1.82, 2.24) is 10.6 Å². The Bertz CT molecular complexity index is 666. The minimum atomic E-state index is -0.985. The van der Waals surface area contributed by atoms with Crippen molar-refractivity contribution in [3.63, 3.8) is 0 Å². The Hall–Kier alpha value is -2.36. The van der Waals surface area contributed by atoms with Gasteiger partial charge in [-0.05, 0) is 29.3 Å². The number of carbonyl (C=O) groups excluding carboxylic acids is 2. The second-order valence-electron chi connectivity index (χ2n) is 4.60. The Balaban J connectivity index is 2.14. The van der Waals surface area contributed by atoms with Crippen LogP contribution < -0.4 is 10.6 Å². The van der Waals surface area contributed by atoms with Gasteiger partial charge in [-0.15, -0.1) is 0 Å². The van der Waals surface area contributed by atoms with E-state index in [1.54, 1.807) is 6.92 Å². The van der Waals surface area contributed by atoms with Gasteiger partial charge in [-0.2, -0.15) is 0 Å². The fourth-order valence-corrected chi connectivity index (χ4v) is 2.25. The lowest BCUT2D eigenvalue weighted by Crippen LogP contribution is -2.40. The minimum Gasteiger partial charge on any atom is -0.320 e. The second-order valence-corrected chi connectivity index (χ2v) is 4.60. The standard InChI is InChI=1S/C14H12N2O2/c1-14(12(17)15-13(18)16-14)11-7-6-9-4-2-3-5-10(9)8-11/h2-8H,1H3,(H2,15,16,17,18)/t14-/m0/s1. The van der Waals surface area contributed by atoms with Crippen molar-refractivity contribution >= 4 is 22.7 Å². The molecule has 0 spiro atoms. The quantitative estimate of drug-likeness (QED) is 0.748. The Morgan fingerprint density at radius 2 is 1.72 bits per heavy atom. The Kier molecular flexibility index (Phi) is 2.13. The third-order valence-electron chi connectivity index (χ3n) is 3.37. The first-order valence-corrected chi connectivity index (χ1v) is 5.72. The number of amides is 3. The number of carbonyl (C=O) groups is 2. The van der Waals surface area contributed by atoms with E-state index in [0.717, 1.165) is 16.3 Å². The average Bonchev–Trinajstić information content (AvgIpc) is 2.63. The van der Waals surface area contributed by atoms with E-state index >= 15 is 0 Å². The number of fused-ring (bicyclic) bond motifs is 1. The zero-order valence-electron chi connectivity index (χ0n) is 9.86. The molecular formula is C14H12N2O2. The summed E-state index contributed by atoms with van der Waals surface area (Å²) in [5, 5.41) is 7.08. The van der Waals surface area contributed by atoms with Gasteiger partial charge in [0.1, 0.15) is 5.54 Å². The summed E-state index contributed by atoms with van der Waals surface area (Å²) in [4.78, 5) is 23.1. The van der Waals surface area contributed by atoms with E-state index in [0.29, 0.717) is 0 Å². The third-order valence-corrected chi connectivity index (χ3v) is 3.37. The van der Waals surface area contributed by atoms with Crippen LogP contribution >= 0.6 is 0 Å². The number of imide groups is 1. The van der Waals surface area contributed by atoms with Crippen molar-refractivity contribution in [2.24, 2.45) is 0 Å². The van der Waals surface area contributed by atoms with Crippen molar-refractivity contribution in [2.45, 2.75) is 12.5 Å². The maximum absolute atomic E-state index is 11.8. The van der Waals surface area contributed by atoms with E-state index < -0.39 is 11.6 Å². The number of nitrogens with one attached hydrogen (secondary N) is 2. The molecule has 1 saturated heterocycles. The van der Waals surface area contributed by atoms with Gasteiger partial charge in [0.05, 0.1) is 0 Å². The first kappa shape index (κ1) is 10.8. The fraction of sp³-hybridized carbons (Fsp3) is 0.143. The third kappa shape index (κ3) is 1.46. The summed E-state index contributed by atoms with van der Waals surface area (Å²) in [5.74, 6) is -0.317. The van der Waals surface area contributed by atoms with Gasteiger partial charge in [-0.1, -0.05) is 36.4 Å². The first-order valence-electron chi connectivity index (χ1n) is 5.72. The number of hydrogen-bond donors (Lipinski definition) is 2. The van der Waals surface area contributed by atoms with Crippen LogP contribution in [0.4, 0.5) is 4.79 Å². The second kappa shape index (κ2) is 3.57. The molecular weight excluding hydrogens is 228 g/mol. The number of hydrogen-bond acceptors (Lipinski definition) is 2. The summed E-state index contributed by atoms with van der Waals surface area (Å²) in [6.45, 7) is 1.71. The van der Waals surface area contributed by atoms with E-state index in [1.807, 2.05) is 42.5 Å². The average molecular weight is 240 g/mol. The van der Waals surface area contributed by atoms with Gasteiger partial charge in [0.25, 0.3) is 5.91 Å². The number of urea groups is 1. The van der Waals surface area contributed by atoms with Crippen LogP contribution in [0.1, 0.15) is 12.5 Å². The molecule has 1 aliphatic rings. The van der Waals surface area contributed by atoms with Crippen LogP contribution in [0.5, 0.6) is 0 Å². The Morgan fingerprint density at radius 1 is 1.00 bits per heavy atom. The molecule has 3 rings (SSSR count). The van der Waals surface area contributed by atoms with Crippen LogP contribution in [-0.4, -0.2) is 11.9 Å². The molecule has 1 fully saturated rings. The molecule has 3 amide bonds. The van der Waals surface area contributed by atoms with Crippen LogP contribution in [0, 0.1) is 0 Å². The first-order chi connectivity index (χ1) is 8.59. The lowest BCUT2D eigenvalue weighted by molar-refractivity contribution is -0.123. The van der Waals surface area contributed by atoms with Gasteiger partial charge < -0.3 is 5.32 Å². The minimum absolute atomic E-state index is 0.317. The summed E-state index contributed by atoms with van der Waals surface area (Å²) in [6, 6.07) is 13.2. The normalized spacial score (nSPS) is 22.9. The molecule has 0 aliphatic carbocycles. The number of rotatable bonds is 1. The van der Waals surface area contributed by atoms with E-state index in [-0.39, 0.29) is 5.91 Å². The van der Waals surface area contributed by atoms with E-state index in [4.69, 9.17) is 0 Å². The van der Waals surface area contributed by atoms with Crippen LogP contribution in [-0.2, 0) is 10.3 Å². The summed E-state index contributed by atoms with van der Waals surface area (Å²) in [6.07, 6.45) is 0. The van der Waals surface area contributed by atoms with Crippen molar-refractivity contribution in [3.8, 4) is 0 Å². The molecule has 18 heavy (non-hydrogen) atoms. The monoisotopic (exact) mass is 240 g/mol. The maximum atomic E-state index is 11.8. The molecule has 4 heteroatoms. The molecule has 1 heterocycles. The highest BCUT2D eigenvalue weighted by Crippen LogP contribution is 2.27. The van der Waals surface area contributed by atoms with Gasteiger partial charge in [0, 0.05) is 0 Å². The summed E-state index contributed by atoms with van der Waals surface area (Å²) in [5.41, 5.74) is -0.203. The molecule has 1 aliphatic heterocycles. The van der Waals surface area contributed by atoms with Gasteiger partial charge in [0.2, 0.25) is 0 Å². The lowest BCUT2D eigenvalue weighted by atomic mass is 9.90. The molecule has 90 valence electrons. The molecule has 0 radical (unpaired) electrons. The predicted molar refractivity (Wildman–Crippen MR) is 68.0 cm³/mol. The Morgan fingerprint density at radius 3 is 2.39 bits per heavy atom. The molecule has 0 unspecified atom stereocenters. The zero-order valence-corrected chi connectivity index (χ0v) is 9.86. The van der Waals surface area contributed by atoms with Gasteiger partial charge in [0.15, 0.2) is 0 Å². The summed E-state index contributed by atoms with van der Waals surface area (Å²) >= 11 is 0. The number of benzene rings is 2. The van der Waals surface area contributed by atoms with Crippen LogP contribution in [0.2, 0.25) is 0 Å². The molecule has 2 aromatic carbocycles. The fourth-order valence-electron chi connectivity index (χ4n) is 2.25. The zero-order chi connectivity index (χ0) is 12.8. The van der Waals surface area contributed by atoms with Crippen molar-refractivity contribution in [3.05, 3.63) is 48.0 Å². The summed E-state index contributed by atoms with van der Waals surface area (Å²) in [7, 11) is 0. The van der Waals surface area contributed by atoms with E-state index in [9.17, 15) is 9.59 Å². The van der Waals surface area contributed by atoms with E-state index in [2.05, 4.69) is 10.6 Å². The topological polar surface area (TPSA) is 58.2 Å². The molecule has 1 atom stereocenters. The molecule has 0 bridgehead atoms. The smallest absolute Gasteiger partial charge is 0.320 e. The predicted octanol–water partition coefficient (Wildman–Crippen LogP) is 1.89. The van der Waals surface area contributed by atoms with Crippen LogP contribution in [0.25, 0.3) is 10.8 Å². The summed E-state index contributed by atoms with van der Waals surface area (Å²) < 4.78 is 0. The van der Waals surface area contributed by atoms with Gasteiger partial charge in [-0.3, -0.25) is 10.1 Å². The van der Waals surface area contributed by atoms with Crippen LogP contribution in [0.15, 0.2) is 42.5 Å².